The smallest absolute Gasteiger partial charge is 0.135 e. The molecule has 17 heavy (non-hydrogen) atoms. The molecule has 0 saturated carbocycles. The third-order valence-electron chi connectivity index (χ3n) is 2.34. The Morgan fingerprint density at radius 1 is 1.18 bits per heavy atom. The van der Waals surface area contributed by atoms with Gasteiger partial charge >= 0.3 is 0 Å². The molecule has 0 fully saturated rings. The summed E-state index contributed by atoms with van der Waals surface area (Å²) >= 11 is 3.42. The molecule has 0 atom stereocenters. The SMILES string of the molecule is CCNc1ccnc(Cc2ccc(Br)cc2)n1. The molecule has 0 unspecified atom stereocenters. The van der Waals surface area contributed by atoms with Crippen LogP contribution in [-0.2, 0) is 6.42 Å². The molecule has 4 heteroatoms. The summed E-state index contributed by atoms with van der Waals surface area (Å²) in [7, 11) is 0. The van der Waals surface area contributed by atoms with Crippen LogP contribution in [0.3, 0.4) is 0 Å². The topological polar surface area (TPSA) is 37.8 Å². The Labute approximate surface area is 109 Å². The first-order valence-electron chi connectivity index (χ1n) is 5.58. The number of aromatic nitrogens is 2. The van der Waals surface area contributed by atoms with Gasteiger partial charge in [0.05, 0.1) is 0 Å². The molecule has 0 aliphatic carbocycles. The molecular weight excluding hydrogens is 278 g/mol. The molecule has 1 aromatic carbocycles. The van der Waals surface area contributed by atoms with Gasteiger partial charge in [-0.1, -0.05) is 28.1 Å². The minimum Gasteiger partial charge on any atom is -0.370 e. The lowest BCUT2D eigenvalue weighted by atomic mass is 10.1. The normalized spacial score (nSPS) is 10.2. The van der Waals surface area contributed by atoms with Crippen molar-refractivity contribution < 1.29 is 0 Å². The third-order valence-corrected chi connectivity index (χ3v) is 2.87. The van der Waals surface area contributed by atoms with Crippen LogP contribution in [0.25, 0.3) is 0 Å². The first-order chi connectivity index (χ1) is 8.28. The second-order valence-electron chi connectivity index (χ2n) is 3.69. The molecule has 0 bridgehead atoms. The van der Waals surface area contributed by atoms with Gasteiger partial charge in [0.15, 0.2) is 0 Å². The van der Waals surface area contributed by atoms with Crippen LogP contribution in [0.2, 0.25) is 0 Å². The van der Waals surface area contributed by atoms with Gasteiger partial charge in [-0.05, 0) is 30.7 Å². The molecule has 0 amide bonds. The number of nitrogens with zero attached hydrogens (tertiary/aromatic N) is 2. The number of anilines is 1. The molecule has 0 radical (unpaired) electrons. The minimum absolute atomic E-state index is 0.756. The summed E-state index contributed by atoms with van der Waals surface area (Å²) in [6.07, 6.45) is 2.55. The Morgan fingerprint density at radius 2 is 1.94 bits per heavy atom. The fraction of sp³-hybridized carbons (Fsp3) is 0.231. The average Bonchev–Trinajstić information content (AvgIpc) is 2.33. The van der Waals surface area contributed by atoms with Crippen LogP contribution in [0.5, 0.6) is 0 Å². The minimum atomic E-state index is 0.756. The highest BCUT2D eigenvalue weighted by atomic mass is 79.9. The number of halogens is 1. The van der Waals surface area contributed by atoms with E-state index in [0.29, 0.717) is 0 Å². The van der Waals surface area contributed by atoms with Crippen molar-refractivity contribution in [2.75, 3.05) is 11.9 Å². The number of hydrogen-bond acceptors (Lipinski definition) is 3. The number of nitrogens with one attached hydrogen (secondary N) is 1. The second-order valence-corrected chi connectivity index (χ2v) is 4.61. The second kappa shape index (κ2) is 5.77. The zero-order valence-electron chi connectivity index (χ0n) is 9.65. The van der Waals surface area contributed by atoms with Gasteiger partial charge in [0, 0.05) is 23.6 Å². The van der Waals surface area contributed by atoms with E-state index in [1.54, 1.807) is 6.20 Å². The summed E-state index contributed by atoms with van der Waals surface area (Å²) in [5.74, 6) is 1.72. The standard InChI is InChI=1S/C13H14BrN3/c1-2-15-12-7-8-16-13(17-12)9-10-3-5-11(14)6-4-10/h3-8H,2,9H2,1H3,(H,15,16,17). The van der Waals surface area contributed by atoms with Gasteiger partial charge < -0.3 is 5.32 Å². The maximum Gasteiger partial charge on any atom is 0.135 e. The predicted octanol–water partition coefficient (Wildman–Crippen LogP) is 3.26. The zero-order valence-corrected chi connectivity index (χ0v) is 11.2. The molecule has 2 rings (SSSR count). The summed E-state index contributed by atoms with van der Waals surface area (Å²) in [4.78, 5) is 8.72. The highest BCUT2D eigenvalue weighted by molar-refractivity contribution is 9.10. The van der Waals surface area contributed by atoms with Crippen LogP contribution in [-0.4, -0.2) is 16.5 Å². The van der Waals surface area contributed by atoms with E-state index in [1.165, 1.54) is 5.56 Å². The summed E-state index contributed by atoms with van der Waals surface area (Å²) in [5.41, 5.74) is 1.21. The van der Waals surface area contributed by atoms with Gasteiger partial charge in [-0.15, -0.1) is 0 Å². The molecule has 1 N–H and O–H groups in total. The maximum absolute atomic E-state index is 4.45. The Morgan fingerprint density at radius 3 is 2.65 bits per heavy atom. The van der Waals surface area contributed by atoms with Gasteiger partial charge in [0.2, 0.25) is 0 Å². The van der Waals surface area contributed by atoms with Crippen molar-refractivity contribution in [3.8, 4) is 0 Å². The van der Waals surface area contributed by atoms with Crippen molar-refractivity contribution in [1.82, 2.24) is 9.97 Å². The molecule has 0 aliphatic rings. The lowest BCUT2D eigenvalue weighted by Crippen LogP contribution is -2.03. The van der Waals surface area contributed by atoms with Crippen LogP contribution in [0.1, 0.15) is 18.3 Å². The van der Waals surface area contributed by atoms with E-state index in [2.05, 4.69) is 50.3 Å². The zero-order chi connectivity index (χ0) is 12.1. The first kappa shape index (κ1) is 12.0. The van der Waals surface area contributed by atoms with Crippen molar-refractivity contribution in [2.45, 2.75) is 13.3 Å². The fourth-order valence-corrected chi connectivity index (χ4v) is 1.81. The summed E-state index contributed by atoms with van der Waals surface area (Å²) in [5, 5.41) is 3.18. The van der Waals surface area contributed by atoms with E-state index in [-0.39, 0.29) is 0 Å². The van der Waals surface area contributed by atoms with Crippen LogP contribution < -0.4 is 5.32 Å². The number of rotatable bonds is 4. The molecule has 88 valence electrons. The van der Waals surface area contributed by atoms with Crippen LogP contribution in [0.15, 0.2) is 41.0 Å². The molecule has 0 saturated heterocycles. The summed E-state index contributed by atoms with van der Waals surface area (Å²) in [6, 6.07) is 10.1. The van der Waals surface area contributed by atoms with Crippen LogP contribution in [0, 0.1) is 0 Å². The van der Waals surface area contributed by atoms with Crippen molar-refractivity contribution in [1.29, 1.82) is 0 Å². The highest BCUT2D eigenvalue weighted by Gasteiger charge is 2.00. The lowest BCUT2D eigenvalue weighted by molar-refractivity contribution is 0.962. The largest absolute Gasteiger partial charge is 0.370 e. The molecule has 3 nitrogen and oxygen atoms in total. The molecule has 0 aliphatic heterocycles. The average molecular weight is 292 g/mol. The van der Waals surface area contributed by atoms with Crippen molar-refractivity contribution >= 4 is 21.7 Å². The van der Waals surface area contributed by atoms with E-state index in [0.717, 1.165) is 29.1 Å². The van der Waals surface area contributed by atoms with E-state index >= 15 is 0 Å². The van der Waals surface area contributed by atoms with Crippen LogP contribution >= 0.6 is 15.9 Å². The first-order valence-corrected chi connectivity index (χ1v) is 6.37. The fourth-order valence-electron chi connectivity index (χ4n) is 1.55. The van der Waals surface area contributed by atoms with Gasteiger partial charge in [0.1, 0.15) is 11.6 Å². The summed E-state index contributed by atoms with van der Waals surface area (Å²) in [6.45, 7) is 2.92. The quantitative estimate of drug-likeness (QED) is 0.940. The molecule has 0 spiro atoms. The van der Waals surface area contributed by atoms with E-state index in [4.69, 9.17) is 0 Å². The van der Waals surface area contributed by atoms with E-state index in [1.807, 2.05) is 18.2 Å². The van der Waals surface area contributed by atoms with Crippen molar-refractivity contribution in [3.05, 3.63) is 52.4 Å². The number of benzene rings is 1. The lowest BCUT2D eigenvalue weighted by Gasteiger charge is -2.04. The summed E-state index contributed by atoms with van der Waals surface area (Å²) < 4.78 is 1.09. The van der Waals surface area contributed by atoms with Crippen molar-refractivity contribution in [2.24, 2.45) is 0 Å². The Balaban J connectivity index is 2.12. The van der Waals surface area contributed by atoms with Crippen LogP contribution in [0.4, 0.5) is 5.82 Å². The Bertz CT molecular complexity index is 482. The molecule has 2 aromatic rings. The van der Waals surface area contributed by atoms with E-state index in [9.17, 15) is 0 Å². The maximum atomic E-state index is 4.45. The molecule has 1 aromatic heterocycles. The number of hydrogen-bond donors (Lipinski definition) is 1. The molecule has 1 heterocycles. The Kier molecular flexibility index (Phi) is 4.09. The van der Waals surface area contributed by atoms with Gasteiger partial charge in [0.25, 0.3) is 0 Å². The molecular formula is C13H14BrN3. The van der Waals surface area contributed by atoms with Gasteiger partial charge in [-0.3, -0.25) is 0 Å². The Hall–Kier alpha value is -1.42. The third kappa shape index (κ3) is 3.53. The van der Waals surface area contributed by atoms with Gasteiger partial charge in [-0.2, -0.15) is 0 Å². The van der Waals surface area contributed by atoms with Gasteiger partial charge in [-0.25, -0.2) is 9.97 Å². The highest BCUT2D eigenvalue weighted by Crippen LogP contribution is 2.13. The van der Waals surface area contributed by atoms with Crippen molar-refractivity contribution in [3.63, 3.8) is 0 Å². The van der Waals surface area contributed by atoms with E-state index < -0.39 is 0 Å². The predicted molar refractivity (Wildman–Crippen MR) is 73.1 cm³/mol. The monoisotopic (exact) mass is 291 g/mol.